The first-order chi connectivity index (χ1) is 7.82. The van der Waals surface area contributed by atoms with Gasteiger partial charge in [-0.15, -0.1) is 0 Å². The summed E-state index contributed by atoms with van der Waals surface area (Å²) in [6, 6.07) is 7.65. The molecule has 0 aliphatic carbocycles. The van der Waals surface area contributed by atoms with Crippen LogP contribution in [0.5, 0.6) is 0 Å². The number of hydrogen-bond donors (Lipinski definition) is 0. The summed E-state index contributed by atoms with van der Waals surface area (Å²) in [5.41, 5.74) is 0.814. The highest BCUT2D eigenvalue weighted by atomic mass is 32.2. The molecule has 0 saturated heterocycles. The molecular weight excluding hydrogens is 230 g/mol. The Bertz CT molecular complexity index is 393. The molecule has 0 fully saturated rings. The van der Waals surface area contributed by atoms with Crippen molar-refractivity contribution in [2.45, 2.75) is 44.3 Å². The van der Waals surface area contributed by atoms with Gasteiger partial charge in [-0.2, -0.15) is 0 Å². The molecule has 94 valence electrons. The van der Waals surface area contributed by atoms with Gasteiger partial charge in [0.05, 0.1) is 0 Å². The van der Waals surface area contributed by atoms with Gasteiger partial charge in [0.15, 0.2) is 4.90 Å². The first-order valence-corrected chi connectivity index (χ1v) is 7.02. The summed E-state index contributed by atoms with van der Waals surface area (Å²) in [5.74, 6) is 0.395. The zero-order chi connectivity index (χ0) is 13.1. The van der Waals surface area contributed by atoms with Crippen LogP contribution in [0.1, 0.15) is 34.6 Å². The van der Waals surface area contributed by atoms with E-state index >= 15 is 0 Å². The number of nitrogens with zero attached hydrogens (tertiary/aromatic N) is 1. The van der Waals surface area contributed by atoms with Crippen molar-refractivity contribution in [3.05, 3.63) is 24.3 Å². The van der Waals surface area contributed by atoms with Crippen molar-refractivity contribution in [3.8, 4) is 0 Å². The molecular formula is C14H21NOS. The number of para-hydroxylation sites is 1. The number of hydrogen-bond acceptors (Lipinski definition) is 2. The van der Waals surface area contributed by atoms with Crippen LogP contribution in [0, 0.1) is 5.92 Å². The van der Waals surface area contributed by atoms with Crippen LogP contribution in [0.25, 0.3) is 0 Å². The Morgan fingerprint density at radius 2 is 1.82 bits per heavy atom. The van der Waals surface area contributed by atoms with Crippen molar-refractivity contribution in [3.63, 3.8) is 0 Å². The Morgan fingerprint density at radius 1 is 1.24 bits per heavy atom. The van der Waals surface area contributed by atoms with Crippen molar-refractivity contribution in [2.75, 3.05) is 0 Å². The van der Waals surface area contributed by atoms with Crippen LogP contribution in [-0.2, 0) is 11.2 Å². The first-order valence-electron chi connectivity index (χ1n) is 5.87. The van der Waals surface area contributed by atoms with Gasteiger partial charge in [-0.05, 0) is 50.0 Å². The Hall–Kier alpha value is -0.800. The SMILES string of the molecule is CC(C)/C=N/c1ccccc1[S+]([O-])C(C)(C)C. The van der Waals surface area contributed by atoms with E-state index in [0.29, 0.717) is 5.92 Å². The zero-order valence-electron chi connectivity index (χ0n) is 11.2. The maximum absolute atomic E-state index is 12.4. The minimum absolute atomic E-state index is 0.260. The van der Waals surface area contributed by atoms with Crippen LogP contribution in [0.3, 0.4) is 0 Å². The molecule has 17 heavy (non-hydrogen) atoms. The molecule has 0 aromatic heterocycles. The Kier molecular flexibility index (Phi) is 4.78. The predicted octanol–water partition coefficient (Wildman–Crippen LogP) is 3.95. The molecule has 0 spiro atoms. The van der Waals surface area contributed by atoms with Gasteiger partial charge in [-0.1, -0.05) is 26.0 Å². The lowest BCUT2D eigenvalue weighted by Crippen LogP contribution is -2.28. The summed E-state index contributed by atoms with van der Waals surface area (Å²) in [7, 11) is 0. The van der Waals surface area contributed by atoms with Crippen molar-refractivity contribution in [2.24, 2.45) is 10.9 Å². The van der Waals surface area contributed by atoms with Crippen LogP contribution in [0.15, 0.2) is 34.2 Å². The van der Waals surface area contributed by atoms with E-state index in [1.54, 1.807) is 0 Å². The van der Waals surface area contributed by atoms with Crippen LogP contribution < -0.4 is 0 Å². The lowest BCUT2D eigenvalue weighted by Gasteiger charge is -2.24. The third kappa shape index (κ3) is 4.17. The molecule has 1 aromatic rings. The van der Waals surface area contributed by atoms with E-state index in [-0.39, 0.29) is 4.75 Å². The summed E-state index contributed by atoms with van der Waals surface area (Å²) in [6.07, 6.45) is 1.89. The highest BCUT2D eigenvalue weighted by Gasteiger charge is 2.29. The quantitative estimate of drug-likeness (QED) is 0.591. The fraction of sp³-hybridized carbons (Fsp3) is 0.500. The van der Waals surface area contributed by atoms with Gasteiger partial charge in [0.25, 0.3) is 0 Å². The van der Waals surface area contributed by atoms with E-state index in [0.717, 1.165) is 10.6 Å². The summed E-state index contributed by atoms with van der Waals surface area (Å²) < 4.78 is 12.1. The van der Waals surface area contributed by atoms with Crippen LogP contribution in [0.2, 0.25) is 0 Å². The van der Waals surface area contributed by atoms with E-state index in [1.807, 2.05) is 51.3 Å². The maximum Gasteiger partial charge on any atom is 0.178 e. The number of aliphatic imine (C=N–C) groups is 1. The molecule has 1 unspecified atom stereocenters. The average molecular weight is 251 g/mol. The molecule has 0 bridgehead atoms. The lowest BCUT2D eigenvalue weighted by atomic mass is 10.2. The van der Waals surface area contributed by atoms with E-state index in [9.17, 15) is 4.55 Å². The van der Waals surface area contributed by atoms with E-state index in [1.165, 1.54) is 0 Å². The van der Waals surface area contributed by atoms with Gasteiger partial charge in [-0.25, -0.2) is 0 Å². The van der Waals surface area contributed by atoms with Gasteiger partial charge in [0.1, 0.15) is 10.4 Å². The van der Waals surface area contributed by atoms with E-state index in [2.05, 4.69) is 18.8 Å². The standard InChI is InChI=1S/C14H21NOS/c1-11(2)10-15-12-8-6-7-9-13(12)17(16)14(3,4)5/h6-11H,1-5H3/b15-10+. The van der Waals surface area contributed by atoms with Gasteiger partial charge in [0.2, 0.25) is 0 Å². The summed E-state index contributed by atoms with van der Waals surface area (Å²) in [5, 5.41) is 0. The average Bonchev–Trinajstić information content (AvgIpc) is 2.24. The van der Waals surface area contributed by atoms with E-state index < -0.39 is 11.2 Å². The topological polar surface area (TPSA) is 35.4 Å². The molecule has 0 aliphatic rings. The fourth-order valence-corrected chi connectivity index (χ4v) is 2.45. The van der Waals surface area contributed by atoms with Gasteiger partial charge < -0.3 is 4.55 Å². The van der Waals surface area contributed by atoms with Gasteiger partial charge in [0, 0.05) is 6.21 Å². The van der Waals surface area contributed by atoms with Crippen molar-refractivity contribution < 1.29 is 4.55 Å². The fourth-order valence-electron chi connectivity index (χ4n) is 1.28. The molecule has 0 aliphatic heterocycles. The van der Waals surface area contributed by atoms with Crippen molar-refractivity contribution in [1.29, 1.82) is 0 Å². The molecule has 0 radical (unpaired) electrons. The Balaban J connectivity index is 3.08. The Labute approximate surface area is 107 Å². The molecule has 0 N–H and O–H groups in total. The molecule has 0 heterocycles. The second kappa shape index (κ2) is 5.69. The molecule has 0 saturated carbocycles. The van der Waals surface area contributed by atoms with Crippen LogP contribution in [0.4, 0.5) is 5.69 Å². The summed E-state index contributed by atoms with van der Waals surface area (Å²) >= 11 is -1.04. The maximum atomic E-state index is 12.4. The minimum atomic E-state index is -1.04. The monoisotopic (exact) mass is 251 g/mol. The number of rotatable bonds is 3. The predicted molar refractivity (Wildman–Crippen MR) is 75.6 cm³/mol. The van der Waals surface area contributed by atoms with Crippen molar-refractivity contribution >= 4 is 23.1 Å². The Morgan fingerprint density at radius 3 is 2.35 bits per heavy atom. The molecule has 1 aromatic carbocycles. The largest absolute Gasteiger partial charge is 0.611 e. The molecule has 0 amide bonds. The lowest BCUT2D eigenvalue weighted by molar-refractivity contribution is 0.560. The number of benzene rings is 1. The van der Waals surface area contributed by atoms with E-state index in [4.69, 9.17) is 0 Å². The first kappa shape index (κ1) is 14.3. The summed E-state index contributed by atoms with van der Waals surface area (Å²) in [4.78, 5) is 5.24. The third-order valence-corrected chi connectivity index (χ3v) is 3.99. The molecule has 3 heteroatoms. The van der Waals surface area contributed by atoms with Crippen LogP contribution in [-0.4, -0.2) is 15.5 Å². The van der Waals surface area contributed by atoms with Crippen molar-refractivity contribution in [1.82, 2.24) is 0 Å². The second-order valence-electron chi connectivity index (χ2n) is 5.37. The smallest absolute Gasteiger partial charge is 0.178 e. The highest BCUT2D eigenvalue weighted by Crippen LogP contribution is 2.31. The molecule has 1 atom stereocenters. The van der Waals surface area contributed by atoms with Gasteiger partial charge in [-0.3, -0.25) is 4.99 Å². The zero-order valence-corrected chi connectivity index (χ0v) is 12.0. The normalized spacial score (nSPS) is 14.5. The summed E-state index contributed by atoms with van der Waals surface area (Å²) in [6.45, 7) is 10.1. The van der Waals surface area contributed by atoms with Gasteiger partial charge >= 0.3 is 0 Å². The highest BCUT2D eigenvalue weighted by molar-refractivity contribution is 7.92. The minimum Gasteiger partial charge on any atom is -0.611 e. The second-order valence-corrected chi connectivity index (χ2v) is 7.57. The molecule has 2 nitrogen and oxygen atoms in total. The third-order valence-electron chi connectivity index (χ3n) is 2.13. The van der Waals surface area contributed by atoms with Crippen LogP contribution >= 0.6 is 0 Å². The molecule has 1 rings (SSSR count).